The number of aliphatic hydroxyl groups is 1. The van der Waals surface area contributed by atoms with Gasteiger partial charge in [-0.05, 0) is 60.3 Å². The topological polar surface area (TPSA) is 125 Å². The summed E-state index contributed by atoms with van der Waals surface area (Å²) in [5, 5.41) is 24.3. The lowest BCUT2D eigenvalue weighted by Gasteiger charge is -2.40. The van der Waals surface area contributed by atoms with Crippen molar-refractivity contribution >= 4 is 18.0 Å². The van der Waals surface area contributed by atoms with E-state index in [0.29, 0.717) is 18.8 Å². The first-order chi connectivity index (χ1) is 16.7. The molecule has 5 unspecified atom stereocenters. The maximum absolute atomic E-state index is 12.6. The molecule has 8 heteroatoms. The minimum atomic E-state index is -2.00. The molecule has 35 heavy (non-hydrogen) atoms. The molecule has 2 fully saturated rings. The number of carboxylic acid groups (broad SMARTS) is 1. The summed E-state index contributed by atoms with van der Waals surface area (Å²) in [6, 6.07) is 16.4. The molecule has 2 amide bonds. The highest BCUT2D eigenvalue weighted by Gasteiger charge is 2.50. The fraction of sp³-hybridized carbons (Fsp3) is 0.444. The molecule has 0 radical (unpaired) electrons. The molecule has 8 nitrogen and oxygen atoms in total. The highest BCUT2D eigenvalue weighted by Crippen LogP contribution is 2.50. The number of rotatable bonds is 7. The Kier molecular flexibility index (Phi) is 6.01. The Balaban J connectivity index is 1.12. The molecule has 2 aromatic carbocycles. The molecule has 5 atom stereocenters. The van der Waals surface area contributed by atoms with Crippen LogP contribution in [0.1, 0.15) is 43.2 Å². The molecular weight excluding hydrogens is 448 g/mol. The maximum Gasteiger partial charge on any atom is 0.407 e. The third kappa shape index (κ3) is 4.38. The predicted octanol–water partition coefficient (Wildman–Crippen LogP) is 2.89. The molecule has 3 aliphatic carbocycles. The Morgan fingerprint density at radius 1 is 1.00 bits per heavy atom. The van der Waals surface area contributed by atoms with E-state index in [1.165, 1.54) is 11.1 Å². The number of fused-ring (bicyclic) bond motifs is 4. The summed E-state index contributed by atoms with van der Waals surface area (Å²) in [6.45, 7) is 1.08. The zero-order valence-electron chi connectivity index (χ0n) is 19.6. The monoisotopic (exact) mass is 478 g/mol. The van der Waals surface area contributed by atoms with E-state index >= 15 is 0 Å². The first-order valence-electron chi connectivity index (χ1n) is 12.1. The Morgan fingerprint density at radius 2 is 1.63 bits per heavy atom. The first kappa shape index (κ1) is 23.4. The second kappa shape index (κ2) is 9.00. The predicted molar refractivity (Wildman–Crippen MR) is 128 cm³/mol. The molecule has 4 N–H and O–H groups in total. The number of ether oxygens (including phenoxy) is 1. The van der Waals surface area contributed by atoms with Gasteiger partial charge in [-0.1, -0.05) is 48.5 Å². The fourth-order valence-corrected chi connectivity index (χ4v) is 5.88. The average Bonchev–Trinajstić information content (AvgIpc) is 3.35. The van der Waals surface area contributed by atoms with Crippen molar-refractivity contribution in [3.05, 3.63) is 59.7 Å². The fourth-order valence-electron chi connectivity index (χ4n) is 5.88. The van der Waals surface area contributed by atoms with Crippen molar-refractivity contribution in [2.75, 3.05) is 13.2 Å². The molecule has 2 saturated carbocycles. The summed E-state index contributed by atoms with van der Waals surface area (Å²) in [6.07, 6.45) is 1.68. The molecule has 0 heterocycles. The molecule has 0 aromatic heterocycles. The smallest absolute Gasteiger partial charge is 0.407 e. The van der Waals surface area contributed by atoms with Crippen molar-refractivity contribution in [3.63, 3.8) is 0 Å². The van der Waals surface area contributed by atoms with Gasteiger partial charge < -0.3 is 25.6 Å². The van der Waals surface area contributed by atoms with E-state index in [0.717, 1.165) is 24.5 Å². The molecule has 184 valence electrons. The number of hydrogen-bond donors (Lipinski definition) is 4. The van der Waals surface area contributed by atoms with Crippen LogP contribution in [0.3, 0.4) is 0 Å². The van der Waals surface area contributed by atoms with Crippen molar-refractivity contribution in [2.45, 2.75) is 43.7 Å². The van der Waals surface area contributed by atoms with Gasteiger partial charge in [0, 0.05) is 17.9 Å². The summed E-state index contributed by atoms with van der Waals surface area (Å²) < 4.78 is 5.65. The van der Waals surface area contributed by atoms with E-state index in [4.69, 9.17) is 9.84 Å². The molecule has 5 rings (SSSR count). The van der Waals surface area contributed by atoms with E-state index in [1.54, 1.807) is 0 Å². The molecular formula is C27H30N2O6. The Labute approximate surface area is 203 Å². The highest BCUT2D eigenvalue weighted by atomic mass is 16.5. The van der Waals surface area contributed by atoms with Gasteiger partial charge in [-0.15, -0.1) is 0 Å². The average molecular weight is 479 g/mol. The lowest BCUT2D eigenvalue weighted by molar-refractivity contribution is -0.156. The van der Waals surface area contributed by atoms with Crippen LogP contribution in [0, 0.1) is 17.8 Å². The van der Waals surface area contributed by atoms with Gasteiger partial charge in [0.15, 0.2) is 5.60 Å². The first-order valence-corrected chi connectivity index (χ1v) is 12.1. The van der Waals surface area contributed by atoms with Gasteiger partial charge in [0.2, 0.25) is 5.91 Å². The number of alkyl carbamates (subject to hydrolysis) is 1. The van der Waals surface area contributed by atoms with Crippen LogP contribution in [0.25, 0.3) is 11.1 Å². The van der Waals surface area contributed by atoms with E-state index in [2.05, 4.69) is 34.9 Å². The highest BCUT2D eigenvalue weighted by molar-refractivity contribution is 5.82. The van der Waals surface area contributed by atoms with E-state index in [-0.39, 0.29) is 42.9 Å². The molecule has 0 spiro atoms. The second-order valence-electron chi connectivity index (χ2n) is 10.2. The summed E-state index contributed by atoms with van der Waals surface area (Å²) in [4.78, 5) is 36.1. The van der Waals surface area contributed by atoms with E-state index in [1.807, 2.05) is 24.3 Å². The SMILES string of the molecule is CC(O)(CNC(=O)C1CC2CC(NC(=O)OCC3c4ccccc4-c4ccccc43)C2C1)C(=O)O. The molecule has 2 aromatic rings. The van der Waals surface area contributed by atoms with Crippen LogP contribution in [0.5, 0.6) is 0 Å². The van der Waals surface area contributed by atoms with Gasteiger partial charge in [0.1, 0.15) is 6.61 Å². The van der Waals surface area contributed by atoms with Crippen LogP contribution in [-0.2, 0) is 14.3 Å². The Bertz CT molecular complexity index is 1120. The summed E-state index contributed by atoms with van der Waals surface area (Å²) in [5.41, 5.74) is 2.69. The number of amides is 2. The maximum atomic E-state index is 12.6. The number of carboxylic acids is 1. The number of hydrogen-bond acceptors (Lipinski definition) is 5. The second-order valence-corrected chi connectivity index (χ2v) is 10.2. The van der Waals surface area contributed by atoms with Crippen LogP contribution in [0.15, 0.2) is 48.5 Å². The van der Waals surface area contributed by atoms with Gasteiger partial charge in [-0.25, -0.2) is 9.59 Å². The zero-order chi connectivity index (χ0) is 24.7. The van der Waals surface area contributed by atoms with E-state index < -0.39 is 17.7 Å². The Hall–Kier alpha value is -3.39. The summed E-state index contributed by atoms with van der Waals surface area (Å²) in [7, 11) is 0. The van der Waals surface area contributed by atoms with E-state index in [9.17, 15) is 19.5 Å². The van der Waals surface area contributed by atoms with Gasteiger partial charge in [0.05, 0.1) is 6.54 Å². The van der Waals surface area contributed by atoms with Crippen LogP contribution in [0.2, 0.25) is 0 Å². The van der Waals surface area contributed by atoms with Crippen LogP contribution in [0.4, 0.5) is 4.79 Å². The van der Waals surface area contributed by atoms with Crippen molar-refractivity contribution < 1.29 is 29.3 Å². The standard InChI is InChI=1S/C27H30N2O6/c1-27(34,25(31)32)14-28-24(30)16-10-15-12-23(21(15)11-16)29-26(33)35-13-22-19-8-4-2-6-17(19)18-7-3-5-9-20(18)22/h2-9,15-16,21-23,34H,10-14H2,1H3,(H,28,30)(H,29,33)(H,31,32). The number of aliphatic carboxylic acids is 1. The zero-order valence-corrected chi connectivity index (χ0v) is 19.6. The lowest BCUT2D eigenvalue weighted by atomic mass is 9.71. The van der Waals surface area contributed by atoms with Crippen LogP contribution in [-0.4, -0.2) is 53.0 Å². The lowest BCUT2D eigenvalue weighted by Crippen LogP contribution is -2.50. The minimum absolute atomic E-state index is 0.00450. The molecule has 0 aliphatic heterocycles. The van der Waals surface area contributed by atoms with Crippen molar-refractivity contribution in [2.24, 2.45) is 17.8 Å². The molecule has 3 aliphatic rings. The largest absolute Gasteiger partial charge is 0.479 e. The number of carbonyl (C=O) groups excluding carboxylic acids is 2. The third-order valence-corrected chi connectivity index (χ3v) is 7.91. The van der Waals surface area contributed by atoms with Crippen molar-refractivity contribution in [3.8, 4) is 11.1 Å². The molecule has 0 bridgehead atoms. The Morgan fingerprint density at radius 3 is 2.26 bits per heavy atom. The van der Waals surface area contributed by atoms with Gasteiger partial charge in [0.25, 0.3) is 0 Å². The van der Waals surface area contributed by atoms with Crippen LogP contribution >= 0.6 is 0 Å². The van der Waals surface area contributed by atoms with Crippen molar-refractivity contribution in [1.29, 1.82) is 0 Å². The van der Waals surface area contributed by atoms with Gasteiger partial charge in [-0.2, -0.15) is 0 Å². The number of benzene rings is 2. The number of carbonyl (C=O) groups is 3. The molecule has 0 saturated heterocycles. The summed E-state index contributed by atoms with van der Waals surface area (Å²) in [5.74, 6) is -1.32. The summed E-state index contributed by atoms with van der Waals surface area (Å²) >= 11 is 0. The van der Waals surface area contributed by atoms with Crippen LogP contribution < -0.4 is 10.6 Å². The van der Waals surface area contributed by atoms with Crippen molar-refractivity contribution in [1.82, 2.24) is 10.6 Å². The minimum Gasteiger partial charge on any atom is -0.479 e. The van der Waals surface area contributed by atoms with Gasteiger partial charge in [-0.3, -0.25) is 4.79 Å². The quantitative estimate of drug-likeness (QED) is 0.485. The number of nitrogens with one attached hydrogen (secondary N) is 2. The van der Waals surface area contributed by atoms with Gasteiger partial charge >= 0.3 is 12.1 Å². The normalized spacial score (nSPS) is 25.9. The third-order valence-electron chi connectivity index (χ3n) is 7.91.